The van der Waals surface area contributed by atoms with Gasteiger partial charge < -0.3 is 5.32 Å². The van der Waals surface area contributed by atoms with Crippen LogP contribution in [0.2, 0.25) is 0 Å². The maximum absolute atomic E-state index is 12.2. The first-order valence-corrected chi connectivity index (χ1v) is 4.06. The SMILES string of the molecule is C=C/C(NC)=C(/Cl)C(=C)F.CC. The van der Waals surface area contributed by atoms with Crippen molar-refractivity contribution < 1.29 is 4.39 Å². The van der Waals surface area contributed by atoms with Gasteiger partial charge in [-0.1, -0.05) is 38.6 Å². The van der Waals surface area contributed by atoms with Crippen molar-refractivity contribution in [2.75, 3.05) is 7.05 Å². The number of hydrogen-bond donors (Lipinski definition) is 1. The lowest BCUT2D eigenvalue weighted by Gasteiger charge is -2.01. The largest absolute Gasteiger partial charge is 0.387 e. The molecule has 3 heteroatoms. The average molecular weight is 192 g/mol. The normalized spacial score (nSPS) is 10.4. The quantitative estimate of drug-likeness (QED) is 0.675. The van der Waals surface area contributed by atoms with Gasteiger partial charge in [0.25, 0.3) is 0 Å². The molecule has 1 N–H and O–H groups in total. The van der Waals surface area contributed by atoms with Gasteiger partial charge in [-0.15, -0.1) is 0 Å². The van der Waals surface area contributed by atoms with Crippen LogP contribution in [0.15, 0.2) is 35.8 Å². The van der Waals surface area contributed by atoms with Crippen LogP contribution in [0.5, 0.6) is 0 Å². The summed E-state index contributed by atoms with van der Waals surface area (Å²) in [6, 6.07) is 0. The number of hydrogen-bond acceptors (Lipinski definition) is 1. The van der Waals surface area contributed by atoms with E-state index >= 15 is 0 Å². The molecular weight excluding hydrogens is 177 g/mol. The molecule has 0 aromatic rings. The van der Waals surface area contributed by atoms with Gasteiger partial charge in [-0.25, -0.2) is 4.39 Å². The molecule has 0 aliphatic carbocycles. The molecule has 0 radical (unpaired) electrons. The molecule has 0 bridgehead atoms. The Morgan fingerprint density at radius 1 is 1.50 bits per heavy atom. The highest BCUT2D eigenvalue weighted by molar-refractivity contribution is 6.32. The minimum absolute atomic E-state index is 0.0301. The van der Waals surface area contributed by atoms with Crippen LogP contribution in [0.4, 0.5) is 4.39 Å². The third-order valence-electron chi connectivity index (χ3n) is 0.948. The first-order chi connectivity index (χ1) is 5.63. The Balaban J connectivity index is 0. The highest BCUT2D eigenvalue weighted by Gasteiger charge is 2.01. The molecule has 0 aliphatic rings. The number of allylic oxidation sites excluding steroid dienone is 3. The third kappa shape index (κ3) is 4.97. The van der Waals surface area contributed by atoms with Crippen LogP contribution in [0.3, 0.4) is 0 Å². The van der Waals surface area contributed by atoms with Gasteiger partial charge in [0.05, 0.1) is 10.7 Å². The summed E-state index contributed by atoms with van der Waals surface area (Å²) in [7, 11) is 1.63. The van der Waals surface area contributed by atoms with E-state index in [1.54, 1.807) is 7.05 Å². The molecule has 0 aliphatic heterocycles. The van der Waals surface area contributed by atoms with E-state index in [9.17, 15) is 4.39 Å². The summed E-state index contributed by atoms with van der Waals surface area (Å²) < 4.78 is 12.2. The summed E-state index contributed by atoms with van der Waals surface area (Å²) in [4.78, 5) is 0. The second-order valence-electron chi connectivity index (χ2n) is 1.59. The third-order valence-corrected chi connectivity index (χ3v) is 1.36. The van der Waals surface area contributed by atoms with Crippen LogP contribution >= 0.6 is 11.6 Å². The van der Waals surface area contributed by atoms with Gasteiger partial charge in [-0.05, 0) is 6.08 Å². The fraction of sp³-hybridized carbons (Fsp3) is 0.333. The fourth-order valence-corrected chi connectivity index (χ4v) is 0.619. The van der Waals surface area contributed by atoms with E-state index in [1.165, 1.54) is 6.08 Å². The van der Waals surface area contributed by atoms with E-state index in [4.69, 9.17) is 11.6 Å². The van der Waals surface area contributed by atoms with E-state index in [2.05, 4.69) is 18.5 Å². The Hall–Kier alpha value is -0.760. The Kier molecular flexibility index (Phi) is 9.59. The Morgan fingerprint density at radius 2 is 1.92 bits per heavy atom. The van der Waals surface area contributed by atoms with Gasteiger partial charge in [0, 0.05) is 7.05 Å². The number of nitrogens with one attached hydrogen (secondary N) is 1. The molecule has 0 fully saturated rings. The van der Waals surface area contributed by atoms with Crippen molar-refractivity contribution in [3.8, 4) is 0 Å². The van der Waals surface area contributed by atoms with E-state index in [1.807, 2.05) is 13.8 Å². The van der Waals surface area contributed by atoms with Crippen molar-refractivity contribution >= 4 is 11.6 Å². The summed E-state index contributed by atoms with van der Waals surface area (Å²) in [5.74, 6) is -0.661. The number of likely N-dealkylation sites (N-methyl/N-ethyl adjacent to an activating group) is 1. The zero-order valence-corrected chi connectivity index (χ0v) is 8.50. The summed E-state index contributed by atoms with van der Waals surface area (Å²) in [5.41, 5.74) is 0.439. The van der Waals surface area contributed by atoms with E-state index < -0.39 is 5.83 Å². The fourth-order valence-electron chi connectivity index (χ4n) is 0.448. The number of rotatable bonds is 3. The Morgan fingerprint density at radius 3 is 2.00 bits per heavy atom. The molecule has 0 unspecified atom stereocenters. The zero-order valence-electron chi connectivity index (χ0n) is 7.75. The minimum Gasteiger partial charge on any atom is -0.387 e. The maximum atomic E-state index is 12.2. The molecule has 1 nitrogen and oxygen atoms in total. The minimum atomic E-state index is -0.661. The van der Waals surface area contributed by atoms with Gasteiger partial charge >= 0.3 is 0 Å². The monoisotopic (exact) mass is 191 g/mol. The molecule has 0 spiro atoms. The average Bonchev–Trinajstić information content (AvgIpc) is 2.10. The first kappa shape index (κ1) is 13.8. The number of halogens is 2. The second-order valence-corrected chi connectivity index (χ2v) is 1.96. The van der Waals surface area contributed by atoms with E-state index in [-0.39, 0.29) is 5.03 Å². The lowest BCUT2D eigenvalue weighted by Crippen LogP contribution is -2.04. The van der Waals surface area contributed by atoms with Crippen LogP contribution in [0.1, 0.15) is 13.8 Å². The van der Waals surface area contributed by atoms with Gasteiger partial charge in [0.2, 0.25) is 0 Å². The van der Waals surface area contributed by atoms with Crippen LogP contribution in [0.25, 0.3) is 0 Å². The molecular formula is C9H15ClFN. The van der Waals surface area contributed by atoms with Gasteiger partial charge in [-0.2, -0.15) is 0 Å². The molecule has 0 amide bonds. The van der Waals surface area contributed by atoms with Crippen LogP contribution in [-0.2, 0) is 0 Å². The second kappa shape index (κ2) is 8.34. The molecule has 0 rings (SSSR count). The molecule has 0 aromatic heterocycles. The van der Waals surface area contributed by atoms with E-state index in [0.29, 0.717) is 5.70 Å². The van der Waals surface area contributed by atoms with Crippen LogP contribution in [-0.4, -0.2) is 7.05 Å². The molecule has 70 valence electrons. The van der Waals surface area contributed by atoms with Crippen molar-refractivity contribution in [2.24, 2.45) is 0 Å². The molecule has 0 saturated heterocycles. The lowest BCUT2D eigenvalue weighted by molar-refractivity contribution is 0.663. The predicted octanol–water partition coefficient (Wildman–Crippen LogP) is 3.35. The summed E-state index contributed by atoms with van der Waals surface area (Å²) >= 11 is 5.45. The Labute approximate surface area is 78.6 Å². The topological polar surface area (TPSA) is 12.0 Å². The standard InChI is InChI=1S/C7H9ClFN.C2H6/c1-4-6(10-3)7(8)5(2)9;1-2/h4,10H,1-2H2,3H3;1-2H3/b7-6-;. The van der Waals surface area contributed by atoms with Gasteiger partial charge in [0.15, 0.2) is 0 Å². The highest BCUT2D eigenvalue weighted by atomic mass is 35.5. The first-order valence-electron chi connectivity index (χ1n) is 3.68. The predicted molar refractivity (Wildman–Crippen MR) is 53.7 cm³/mol. The Bertz CT molecular complexity index is 185. The van der Waals surface area contributed by atoms with Crippen molar-refractivity contribution in [3.05, 3.63) is 35.8 Å². The summed E-state index contributed by atoms with van der Waals surface area (Å²) in [6.45, 7) is 10.5. The molecule has 0 atom stereocenters. The van der Waals surface area contributed by atoms with Crippen LogP contribution < -0.4 is 5.32 Å². The zero-order chi connectivity index (χ0) is 10.1. The van der Waals surface area contributed by atoms with Gasteiger partial charge in [-0.3, -0.25) is 0 Å². The molecule has 0 heterocycles. The van der Waals surface area contributed by atoms with Gasteiger partial charge in [0.1, 0.15) is 5.83 Å². The maximum Gasteiger partial charge on any atom is 0.136 e. The molecule has 0 saturated carbocycles. The lowest BCUT2D eigenvalue weighted by atomic mass is 10.3. The van der Waals surface area contributed by atoms with Crippen molar-refractivity contribution in [1.29, 1.82) is 0 Å². The highest BCUT2D eigenvalue weighted by Crippen LogP contribution is 2.17. The molecule has 12 heavy (non-hydrogen) atoms. The van der Waals surface area contributed by atoms with Crippen molar-refractivity contribution in [3.63, 3.8) is 0 Å². The summed E-state index contributed by atoms with van der Waals surface area (Å²) in [5, 5.41) is 2.63. The smallest absolute Gasteiger partial charge is 0.136 e. The summed E-state index contributed by atoms with van der Waals surface area (Å²) in [6.07, 6.45) is 1.42. The van der Waals surface area contributed by atoms with E-state index in [0.717, 1.165) is 0 Å². The molecule has 0 aromatic carbocycles. The van der Waals surface area contributed by atoms with Crippen molar-refractivity contribution in [1.82, 2.24) is 5.32 Å². The van der Waals surface area contributed by atoms with Crippen molar-refractivity contribution in [2.45, 2.75) is 13.8 Å². The van der Waals surface area contributed by atoms with Crippen LogP contribution in [0, 0.1) is 0 Å².